The van der Waals surface area contributed by atoms with E-state index in [-0.39, 0.29) is 18.2 Å². The number of halogens is 5. The smallest absolute Gasteiger partial charge is 0.417 e. The van der Waals surface area contributed by atoms with Crippen LogP contribution in [0.3, 0.4) is 0 Å². The monoisotopic (exact) mass is 515 g/mol. The molecule has 0 unspecified atom stereocenters. The molecule has 0 radical (unpaired) electrons. The highest BCUT2D eigenvalue weighted by atomic mass is 127. The normalized spacial score (nSPS) is 11.6. The molecule has 0 fully saturated rings. The number of rotatable bonds is 6. The van der Waals surface area contributed by atoms with Gasteiger partial charge in [0, 0.05) is 6.20 Å². The fraction of sp³-hybridized carbons (Fsp3) is 0.100. The molecule has 1 heterocycles. The number of nitrogens with zero attached hydrogens (tertiary/aromatic N) is 2. The fourth-order valence-corrected chi connectivity index (χ4v) is 3.00. The van der Waals surface area contributed by atoms with Gasteiger partial charge in [0.2, 0.25) is 0 Å². The van der Waals surface area contributed by atoms with Crippen LogP contribution in [-0.4, -0.2) is 11.2 Å². The lowest BCUT2D eigenvalue weighted by atomic mass is 10.2. The highest BCUT2D eigenvalue weighted by molar-refractivity contribution is 14.1. The number of anilines is 1. The number of ether oxygens (including phenoxy) is 1. The van der Waals surface area contributed by atoms with Crippen LogP contribution in [0.5, 0.6) is 5.75 Å². The Morgan fingerprint density at radius 2 is 1.93 bits per heavy atom. The number of hydrazone groups is 1. The Morgan fingerprint density at radius 1 is 1.10 bits per heavy atom. The maximum absolute atomic E-state index is 13.2. The maximum atomic E-state index is 13.2. The second kappa shape index (κ2) is 9.21. The third-order valence-corrected chi connectivity index (χ3v) is 4.57. The first-order valence-corrected chi connectivity index (χ1v) is 9.38. The minimum absolute atomic E-state index is 0.194. The molecule has 0 aliphatic carbocycles. The van der Waals surface area contributed by atoms with Crippen LogP contribution in [0, 0.1) is 9.39 Å². The molecular formula is C20H14F4IN3O. The molecule has 0 aliphatic rings. The number of alkyl halides is 3. The van der Waals surface area contributed by atoms with Crippen LogP contribution >= 0.6 is 22.6 Å². The van der Waals surface area contributed by atoms with E-state index >= 15 is 0 Å². The van der Waals surface area contributed by atoms with Gasteiger partial charge in [0.05, 0.1) is 15.3 Å². The number of pyridine rings is 1. The van der Waals surface area contributed by atoms with Gasteiger partial charge in [-0.15, -0.1) is 0 Å². The van der Waals surface area contributed by atoms with E-state index in [9.17, 15) is 17.6 Å². The Hall–Kier alpha value is -2.69. The number of aromatic nitrogens is 1. The zero-order chi connectivity index (χ0) is 20.9. The molecule has 3 aromatic rings. The lowest BCUT2D eigenvalue weighted by molar-refractivity contribution is -0.137. The lowest BCUT2D eigenvalue weighted by Gasteiger charge is -2.09. The first kappa shape index (κ1) is 21.0. The molecule has 1 N–H and O–H groups in total. The van der Waals surface area contributed by atoms with Crippen molar-refractivity contribution in [1.82, 2.24) is 4.98 Å². The van der Waals surface area contributed by atoms with Gasteiger partial charge in [-0.1, -0.05) is 12.1 Å². The summed E-state index contributed by atoms with van der Waals surface area (Å²) in [6.45, 7) is 0.238. The lowest BCUT2D eigenvalue weighted by Crippen LogP contribution is -2.05. The van der Waals surface area contributed by atoms with Crippen LogP contribution in [0.1, 0.15) is 16.7 Å². The second-order valence-corrected chi connectivity index (χ2v) is 7.07. The first-order chi connectivity index (χ1) is 13.8. The van der Waals surface area contributed by atoms with Gasteiger partial charge < -0.3 is 4.74 Å². The summed E-state index contributed by atoms with van der Waals surface area (Å²) in [5.74, 6) is 0.519. The topological polar surface area (TPSA) is 46.5 Å². The summed E-state index contributed by atoms with van der Waals surface area (Å²) in [4.78, 5) is 3.67. The molecule has 9 heteroatoms. The van der Waals surface area contributed by atoms with Gasteiger partial charge in [-0.25, -0.2) is 9.37 Å². The highest BCUT2D eigenvalue weighted by Gasteiger charge is 2.30. The number of benzene rings is 2. The summed E-state index contributed by atoms with van der Waals surface area (Å²) < 4.78 is 57.3. The zero-order valence-corrected chi connectivity index (χ0v) is 16.9. The van der Waals surface area contributed by atoms with Crippen LogP contribution in [0.4, 0.5) is 23.4 Å². The van der Waals surface area contributed by atoms with Gasteiger partial charge in [-0.2, -0.15) is 18.3 Å². The molecule has 0 saturated carbocycles. The van der Waals surface area contributed by atoms with Gasteiger partial charge in [0.15, 0.2) is 0 Å². The molecule has 1 aromatic heterocycles. The van der Waals surface area contributed by atoms with E-state index in [1.165, 1.54) is 24.4 Å². The average Bonchev–Trinajstić information content (AvgIpc) is 2.67. The van der Waals surface area contributed by atoms with E-state index in [0.717, 1.165) is 27.0 Å². The van der Waals surface area contributed by atoms with Crippen molar-refractivity contribution >= 4 is 34.6 Å². The van der Waals surface area contributed by atoms with Crippen molar-refractivity contribution in [3.63, 3.8) is 0 Å². The summed E-state index contributed by atoms with van der Waals surface area (Å²) in [6.07, 6.45) is -2.17. The predicted molar refractivity (Wildman–Crippen MR) is 110 cm³/mol. The molecule has 0 aliphatic heterocycles. The molecule has 0 bridgehead atoms. The summed E-state index contributed by atoms with van der Waals surface area (Å²) in [6, 6.07) is 13.7. The van der Waals surface area contributed by atoms with Crippen molar-refractivity contribution in [1.29, 1.82) is 0 Å². The number of nitrogens with one attached hydrogen (secondary N) is 1. The van der Waals surface area contributed by atoms with E-state index in [2.05, 4.69) is 38.1 Å². The van der Waals surface area contributed by atoms with Gasteiger partial charge in [-0.05, 0) is 76.2 Å². The SMILES string of the molecule is Fc1cccc(COc2ccc(/C=N\Nc3ccc(C(F)(F)F)cn3)cc2I)c1. The van der Waals surface area contributed by atoms with Crippen LogP contribution < -0.4 is 10.2 Å². The van der Waals surface area contributed by atoms with Gasteiger partial charge in [0.1, 0.15) is 24.0 Å². The molecule has 0 amide bonds. The Bertz CT molecular complexity index is 1010. The van der Waals surface area contributed by atoms with E-state index in [1.807, 2.05) is 6.07 Å². The summed E-state index contributed by atoms with van der Waals surface area (Å²) in [5.41, 5.74) is 3.23. The highest BCUT2D eigenvalue weighted by Crippen LogP contribution is 2.28. The van der Waals surface area contributed by atoms with E-state index in [4.69, 9.17) is 4.74 Å². The summed E-state index contributed by atoms with van der Waals surface area (Å²) >= 11 is 2.11. The molecule has 0 atom stereocenters. The third kappa shape index (κ3) is 6.14. The molecule has 2 aromatic carbocycles. The Morgan fingerprint density at radius 3 is 2.59 bits per heavy atom. The van der Waals surface area contributed by atoms with Crippen molar-refractivity contribution in [2.24, 2.45) is 5.10 Å². The largest absolute Gasteiger partial charge is 0.488 e. The van der Waals surface area contributed by atoms with Crippen molar-refractivity contribution in [3.05, 3.63) is 86.9 Å². The van der Waals surface area contributed by atoms with Gasteiger partial charge in [-0.3, -0.25) is 5.43 Å². The fourth-order valence-electron chi connectivity index (χ4n) is 2.30. The zero-order valence-electron chi connectivity index (χ0n) is 14.8. The maximum Gasteiger partial charge on any atom is 0.417 e. The van der Waals surface area contributed by atoms with Crippen LogP contribution in [-0.2, 0) is 12.8 Å². The molecule has 150 valence electrons. The average molecular weight is 515 g/mol. The predicted octanol–water partition coefficient (Wildman–Crippen LogP) is 5.87. The van der Waals surface area contributed by atoms with Gasteiger partial charge >= 0.3 is 6.18 Å². The van der Waals surface area contributed by atoms with Crippen molar-refractivity contribution in [2.75, 3.05) is 5.43 Å². The van der Waals surface area contributed by atoms with Gasteiger partial charge in [0.25, 0.3) is 0 Å². The molecule has 0 spiro atoms. The van der Waals surface area contributed by atoms with Crippen molar-refractivity contribution in [3.8, 4) is 5.75 Å². The van der Waals surface area contributed by atoms with Crippen LogP contribution in [0.25, 0.3) is 0 Å². The molecule has 3 rings (SSSR count). The minimum atomic E-state index is -4.43. The minimum Gasteiger partial charge on any atom is -0.488 e. The third-order valence-electron chi connectivity index (χ3n) is 3.72. The first-order valence-electron chi connectivity index (χ1n) is 8.30. The van der Waals surface area contributed by atoms with Crippen LogP contribution in [0.2, 0.25) is 0 Å². The molecular weight excluding hydrogens is 501 g/mol. The summed E-state index contributed by atoms with van der Waals surface area (Å²) in [7, 11) is 0. The molecule has 0 saturated heterocycles. The Balaban J connectivity index is 1.58. The Labute approximate surface area is 177 Å². The molecule has 29 heavy (non-hydrogen) atoms. The summed E-state index contributed by atoms with van der Waals surface area (Å²) in [5, 5.41) is 3.97. The Kier molecular flexibility index (Phi) is 6.68. The molecule has 4 nitrogen and oxygen atoms in total. The number of hydrogen-bond acceptors (Lipinski definition) is 4. The quantitative estimate of drug-likeness (QED) is 0.194. The van der Waals surface area contributed by atoms with E-state index in [1.54, 1.807) is 24.3 Å². The van der Waals surface area contributed by atoms with E-state index in [0.29, 0.717) is 5.75 Å². The second-order valence-electron chi connectivity index (χ2n) is 5.91. The van der Waals surface area contributed by atoms with Crippen molar-refractivity contribution in [2.45, 2.75) is 12.8 Å². The standard InChI is InChI=1S/C20H14F4IN3O/c21-16-3-1-2-14(8-16)12-29-18-6-4-13(9-17(18)25)10-27-28-19-7-5-15(11-26-19)20(22,23)24/h1-11H,12H2,(H,26,28)/b27-10-. The van der Waals surface area contributed by atoms with Crippen molar-refractivity contribution < 1.29 is 22.3 Å². The number of hydrogen-bond donors (Lipinski definition) is 1. The van der Waals surface area contributed by atoms with Crippen LogP contribution in [0.15, 0.2) is 65.9 Å². The van der Waals surface area contributed by atoms with E-state index < -0.39 is 11.7 Å².